The summed E-state index contributed by atoms with van der Waals surface area (Å²) < 4.78 is 5.32. The van der Waals surface area contributed by atoms with Crippen LogP contribution in [0, 0.1) is 6.92 Å². The molecule has 1 fully saturated rings. The molecule has 1 saturated heterocycles. The molecule has 3 unspecified atom stereocenters. The molecule has 3 atom stereocenters. The Hall–Kier alpha value is -0.320. The lowest BCUT2D eigenvalue weighted by Crippen LogP contribution is -2.37. The van der Waals surface area contributed by atoms with Gasteiger partial charge < -0.3 is 10.1 Å². The molecule has 1 aliphatic rings. The highest BCUT2D eigenvalue weighted by Crippen LogP contribution is 2.41. The van der Waals surface area contributed by atoms with Crippen LogP contribution in [0.3, 0.4) is 0 Å². The van der Waals surface area contributed by atoms with E-state index in [1.165, 1.54) is 29.1 Å². The Labute approximate surface area is 131 Å². The maximum absolute atomic E-state index is 5.32. The second kappa shape index (κ2) is 7.62. The number of hydrogen-bond donors (Lipinski definition) is 1. The summed E-state index contributed by atoms with van der Waals surface area (Å²) in [6.45, 7) is 4.49. The third kappa shape index (κ3) is 3.46. The number of ether oxygens (including phenoxy) is 1. The molecule has 0 radical (unpaired) electrons. The van der Waals surface area contributed by atoms with Gasteiger partial charge in [-0.1, -0.05) is 13.0 Å². The number of benzene rings is 1. The van der Waals surface area contributed by atoms with E-state index in [0.29, 0.717) is 11.3 Å². The Balaban J connectivity index is 2.26. The van der Waals surface area contributed by atoms with Crippen molar-refractivity contribution in [2.75, 3.05) is 25.7 Å². The average molecular weight is 312 g/mol. The molecule has 1 N–H and O–H groups in total. The van der Waals surface area contributed by atoms with Gasteiger partial charge >= 0.3 is 0 Å². The van der Waals surface area contributed by atoms with Crippen molar-refractivity contribution in [3.8, 4) is 5.75 Å². The lowest BCUT2D eigenvalue weighted by atomic mass is 9.96. The van der Waals surface area contributed by atoms with Crippen LogP contribution in [-0.4, -0.2) is 36.2 Å². The molecule has 0 aromatic heterocycles. The topological polar surface area (TPSA) is 21.3 Å². The van der Waals surface area contributed by atoms with E-state index in [1.807, 2.05) is 0 Å². The SMILES string of the molecule is CCC1SCCSC1C(NC)c1ccc(OC)cc1C. The van der Waals surface area contributed by atoms with E-state index in [2.05, 4.69) is 67.9 Å². The van der Waals surface area contributed by atoms with Crippen molar-refractivity contribution in [3.63, 3.8) is 0 Å². The fourth-order valence-electron chi connectivity index (χ4n) is 2.87. The molecular weight excluding hydrogens is 286 g/mol. The maximum atomic E-state index is 5.32. The number of hydrogen-bond acceptors (Lipinski definition) is 4. The normalized spacial score (nSPS) is 24.4. The summed E-state index contributed by atoms with van der Waals surface area (Å²) in [7, 11) is 3.81. The molecule has 0 amide bonds. The molecule has 1 aliphatic heterocycles. The summed E-state index contributed by atoms with van der Waals surface area (Å²) in [5.74, 6) is 3.50. The number of aryl methyl sites for hydroxylation is 1. The minimum absolute atomic E-state index is 0.420. The zero-order chi connectivity index (χ0) is 14.5. The predicted octanol–water partition coefficient (Wildman–Crippen LogP) is 3.89. The van der Waals surface area contributed by atoms with Crippen LogP contribution in [0.15, 0.2) is 18.2 Å². The first-order valence-electron chi connectivity index (χ1n) is 7.26. The molecule has 4 heteroatoms. The molecule has 1 heterocycles. The number of rotatable bonds is 5. The lowest BCUT2D eigenvalue weighted by Gasteiger charge is -2.36. The van der Waals surface area contributed by atoms with Crippen LogP contribution in [0.25, 0.3) is 0 Å². The van der Waals surface area contributed by atoms with Gasteiger partial charge in [0.05, 0.1) is 7.11 Å². The summed E-state index contributed by atoms with van der Waals surface area (Å²) in [6.07, 6.45) is 1.25. The fourth-order valence-corrected chi connectivity index (χ4v) is 6.15. The molecule has 0 spiro atoms. The van der Waals surface area contributed by atoms with E-state index in [0.717, 1.165) is 11.0 Å². The molecule has 1 aromatic carbocycles. The smallest absolute Gasteiger partial charge is 0.119 e. The van der Waals surface area contributed by atoms with E-state index in [4.69, 9.17) is 4.74 Å². The summed E-state index contributed by atoms with van der Waals surface area (Å²) >= 11 is 4.27. The first kappa shape index (κ1) is 16.1. The van der Waals surface area contributed by atoms with Gasteiger partial charge in [-0.15, -0.1) is 0 Å². The van der Waals surface area contributed by atoms with Gasteiger partial charge in [-0.3, -0.25) is 0 Å². The Bertz CT molecular complexity index is 438. The van der Waals surface area contributed by atoms with E-state index in [-0.39, 0.29) is 0 Å². The van der Waals surface area contributed by atoms with Gasteiger partial charge in [0.2, 0.25) is 0 Å². The van der Waals surface area contributed by atoms with Crippen molar-refractivity contribution in [2.24, 2.45) is 0 Å². The van der Waals surface area contributed by atoms with E-state index in [1.54, 1.807) is 7.11 Å². The highest BCUT2D eigenvalue weighted by atomic mass is 32.2. The van der Waals surface area contributed by atoms with Crippen LogP contribution in [0.2, 0.25) is 0 Å². The maximum Gasteiger partial charge on any atom is 0.119 e. The van der Waals surface area contributed by atoms with Gasteiger partial charge in [0.25, 0.3) is 0 Å². The molecule has 0 bridgehead atoms. The second-order valence-corrected chi connectivity index (χ2v) is 7.77. The molecule has 0 aliphatic carbocycles. The van der Waals surface area contributed by atoms with Crippen LogP contribution in [-0.2, 0) is 0 Å². The van der Waals surface area contributed by atoms with Crippen LogP contribution in [0.4, 0.5) is 0 Å². The van der Waals surface area contributed by atoms with Gasteiger partial charge in [-0.05, 0) is 43.7 Å². The third-order valence-corrected chi connectivity index (χ3v) is 7.30. The largest absolute Gasteiger partial charge is 0.497 e. The third-order valence-electron chi connectivity index (χ3n) is 3.95. The minimum atomic E-state index is 0.420. The van der Waals surface area contributed by atoms with Gasteiger partial charge in [0.1, 0.15) is 5.75 Å². The Kier molecular flexibility index (Phi) is 6.12. The predicted molar refractivity (Wildman–Crippen MR) is 92.3 cm³/mol. The highest BCUT2D eigenvalue weighted by Gasteiger charge is 2.32. The number of methoxy groups -OCH3 is 1. The Morgan fingerprint density at radius 1 is 1.35 bits per heavy atom. The summed E-state index contributed by atoms with van der Waals surface area (Å²) in [6, 6.07) is 6.86. The van der Waals surface area contributed by atoms with Crippen LogP contribution in [0.1, 0.15) is 30.5 Å². The van der Waals surface area contributed by atoms with Gasteiger partial charge in [0, 0.05) is 28.0 Å². The Morgan fingerprint density at radius 3 is 2.70 bits per heavy atom. The van der Waals surface area contributed by atoms with Crippen LogP contribution in [0.5, 0.6) is 5.75 Å². The standard InChI is InChI=1S/C16H25NOS2/c1-5-14-16(20-9-8-19-14)15(17-3)13-7-6-12(18-4)10-11(13)2/h6-7,10,14-17H,5,8-9H2,1-4H3. The van der Waals surface area contributed by atoms with Gasteiger partial charge in [0.15, 0.2) is 0 Å². The minimum Gasteiger partial charge on any atom is -0.497 e. The molecule has 0 saturated carbocycles. The molecular formula is C16H25NOS2. The first-order valence-corrected chi connectivity index (χ1v) is 9.36. The van der Waals surface area contributed by atoms with E-state index in [9.17, 15) is 0 Å². The molecule has 1 aromatic rings. The van der Waals surface area contributed by atoms with E-state index < -0.39 is 0 Å². The zero-order valence-corrected chi connectivity index (χ0v) is 14.4. The molecule has 20 heavy (non-hydrogen) atoms. The van der Waals surface area contributed by atoms with Crippen molar-refractivity contribution < 1.29 is 4.74 Å². The average Bonchev–Trinajstić information content (AvgIpc) is 2.50. The van der Waals surface area contributed by atoms with Crippen LogP contribution < -0.4 is 10.1 Å². The summed E-state index contributed by atoms with van der Waals surface area (Å²) in [4.78, 5) is 0. The lowest BCUT2D eigenvalue weighted by molar-refractivity contribution is 0.414. The summed E-state index contributed by atoms with van der Waals surface area (Å²) in [5.41, 5.74) is 2.72. The second-order valence-electron chi connectivity index (χ2n) is 5.14. The fraction of sp³-hybridized carbons (Fsp3) is 0.625. The number of thioether (sulfide) groups is 2. The Morgan fingerprint density at radius 2 is 2.10 bits per heavy atom. The number of nitrogens with one attached hydrogen (secondary N) is 1. The zero-order valence-electron chi connectivity index (χ0n) is 12.8. The molecule has 2 nitrogen and oxygen atoms in total. The van der Waals surface area contributed by atoms with Gasteiger partial charge in [-0.2, -0.15) is 23.5 Å². The van der Waals surface area contributed by atoms with Crippen molar-refractivity contribution in [1.29, 1.82) is 0 Å². The molecule has 2 rings (SSSR count). The van der Waals surface area contributed by atoms with Crippen molar-refractivity contribution in [1.82, 2.24) is 5.32 Å². The van der Waals surface area contributed by atoms with Crippen molar-refractivity contribution in [2.45, 2.75) is 36.8 Å². The quantitative estimate of drug-likeness (QED) is 0.890. The van der Waals surface area contributed by atoms with Gasteiger partial charge in [-0.25, -0.2) is 0 Å². The van der Waals surface area contributed by atoms with Crippen molar-refractivity contribution >= 4 is 23.5 Å². The summed E-state index contributed by atoms with van der Waals surface area (Å²) in [5, 5.41) is 4.95. The monoisotopic (exact) mass is 311 g/mol. The van der Waals surface area contributed by atoms with Crippen molar-refractivity contribution in [3.05, 3.63) is 29.3 Å². The highest BCUT2D eigenvalue weighted by molar-refractivity contribution is 8.07. The van der Waals surface area contributed by atoms with Crippen LogP contribution >= 0.6 is 23.5 Å². The van der Waals surface area contributed by atoms with E-state index >= 15 is 0 Å². The molecule has 112 valence electrons. The first-order chi connectivity index (χ1) is 9.71.